The van der Waals surface area contributed by atoms with E-state index in [4.69, 9.17) is 4.74 Å². The van der Waals surface area contributed by atoms with Crippen LogP contribution in [-0.4, -0.2) is 35.0 Å². The van der Waals surface area contributed by atoms with Gasteiger partial charge in [0.25, 0.3) is 5.91 Å². The SMILES string of the molecule is CCC1CC(Oc2cccc(C(=O)N3CCCC3)n2)C1. The van der Waals surface area contributed by atoms with Crippen molar-refractivity contribution in [2.24, 2.45) is 5.92 Å². The van der Waals surface area contributed by atoms with Crippen molar-refractivity contribution in [1.82, 2.24) is 9.88 Å². The summed E-state index contributed by atoms with van der Waals surface area (Å²) in [6.45, 7) is 3.92. The lowest BCUT2D eigenvalue weighted by molar-refractivity contribution is 0.0582. The maximum absolute atomic E-state index is 12.3. The van der Waals surface area contributed by atoms with Crippen molar-refractivity contribution in [2.45, 2.75) is 45.1 Å². The Kier molecular flexibility index (Phi) is 3.90. The Bertz CT molecular complexity index is 477. The molecule has 0 unspecified atom stereocenters. The van der Waals surface area contributed by atoms with Crippen molar-refractivity contribution in [3.63, 3.8) is 0 Å². The van der Waals surface area contributed by atoms with Gasteiger partial charge in [-0.05, 0) is 37.7 Å². The van der Waals surface area contributed by atoms with E-state index in [1.165, 1.54) is 6.42 Å². The normalized spacial score (nSPS) is 25.4. The Morgan fingerprint density at radius 1 is 1.35 bits per heavy atom. The van der Waals surface area contributed by atoms with E-state index in [9.17, 15) is 4.79 Å². The second-order valence-electron chi connectivity index (χ2n) is 5.85. The fraction of sp³-hybridized carbons (Fsp3) is 0.625. The summed E-state index contributed by atoms with van der Waals surface area (Å²) in [6, 6.07) is 5.49. The predicted octanol–water partition coefficient (Wildman–Crippen LogP) is 2.89. The zero-order valence-corrected chi connectivity index (χ0v) is 12.0. The van der Waals surface area contributed by atoms with Gasteiger partial charge >= 0.3 is 0 Å². The van der Waals surface area contributed by atoms with E-state index in [0.717, 1.165) is 44.7 Å². The lowest BCUT2D eigenvalue weighted by Crippen LogP contribution is -2.34. The van der Waals surface area contributed by atoms with Gasteiger partial charge in [-0.2, -0.15) is 0 Å². The van der Waals surface area contributed by atoms with Crippen LogP contribution in [0.5, 0.6) is 5.88 Å². The number of ether oxygens (including phenoxy) is 1. The Morgan fingerprint density at radius 2 is 2.10 bits per heavy atom. The standard InChI is InChI=1S/C16H22N2O2/c1-2-12-10-13(11-12)20-15-7-5-6-14(17-15)16(19)18-8-3-4-9-18/h5-7,12-13H,2-4,8-11H2,1H3. The molecule has 1 saturated carbocycles. The molecular weight excluding hydrogens is 252 g/mol. The first kappa shape index (κ1) is 13.4. The van der Waals surface area contributed by atoms with E-state index in [2.05, 4.69) is 11.9 Å². The summed E-state index contributed by atoms with van der Waals surface area (Å²) in [5, 5.41) is 0. The van der Waals surface area contributed by atoms with Crippen molar-refractivity contribution in [1.29, 1.82) is 0 Å². The molecular formula is C16H22N2O2. The van der Waals surface area contributed by atoms with Crippen LogP contribution in [0.15, 0.2) is 18.2 Å². The minimum Gasteiger partial charge on any atom is -0.474 e. The Balaban J connectivity index is 1.62. The molecule has 1 aromatic heterocycles. The Morgan fingerprint density at radius 3 is 2.80 bits per heavy atom. The van der Waals surface area contributed by atoms with Crippen molar-refractivity contribution in [2.75, 3.05) is 13.1 Å². The number of rotatable bonds is 4. The predicted molar refractivity (Wildman–Crippen MR) is 76.8 cm³/mol. The van der Waals surface area contributed by atoms with E-state index in [-0.39, 0.29) is 12.0 Å². The molecule has 1 aliphatic heterocycles. The molecule has 0 spiro atoms. The smallest absolute Gasteiger partial charge is 0.272 e. The zero-order valence-electron chi connectivity index (χ0n) is 12.0. The summed E-state index contributed by atoms with van der Waals surface area (Å²) in [4.78, 5) is 18.5. The summed E-state index contributed by atoms with van der Waals surface area (Å²) in [5.41, 5.74) is 0.510. The fourth-order valence-electron chi connectivity index (χ4n) is 2.96. The third-order valence-corrected chi connectivity index (χ3v) is 4.39. The average Bonchev–Trinajstić information content (AvgIpc) is 2.96. The first-order chi connectivity index (χ1) is 9.76. The highest BCUT2D eigenvalue weighted by Crippen LogP contribution is 2.32. The lowest BCUT2D eigenvalue weighted by atomic mass is 9.80. The van der Waals surface area contributed by atoms with Crippen LogP contribution in [0.2, 0.25) is 0 Å². The minimum absolute atomic E-state index is 0.0352. The highest BCUT2D eigenvalue weighted by Gasteiger charge is 2.29. The van der Waals surface area contributed by atoms with Gasteiger partial charge in [0, 0.05) is 19.2 Å². The quantitative estimate of drug-likeness (QED) is 0.848. The maximum atomic E-state index is 12.3. The minimum atomic E-state index is 0.0352. The number of carbonyl (C=O) groups excluding carboxylic acids is 1. The molecule has 108 valence electrons. The number of hydrogen-bond donors (Lipinski definition) is 0. The molecule has 1 aliphatic carbocycles. The van der Waals surface area contributed by atoms with Crippen LogP contribution >= 0.6 is 0 Å². The van der Waals surface area contributed by atoms with Crippen LogP contribution in [0.25, 0.3) is 0 Å². The number of likely N-dealkylation sites (tertiary alicyclic amines) is 1. The van der Waals surface area contributed by atoms with Gasteiger partial charge in [0.15, 0.2) is 0 Å². The van der Waals surface area contributed by atoms with E-state index >= 15 is 0 Å². The number of carbonyl (C=O) groups is 1. The van der Waals surface area contributed by atoms with Crippen molar-refractivity contribution in [3.8, 4) is 5.88 Å². The number of pyridine rings is 1. The highest BCUT2D eigenvalue weighted by atomic mass is 16.5. The molecule has 4 nitrogen and oxygen atoms in total. The van der Waals surface area contributed by atoms with Crippen LogP contribution in [0.3, 0.4) is 0 Å². The maximum Gasteiger partial charge on any atom is 0.272 e. The zero-order chi connectivity index (χ0) is 13.9. The number of amides is 1. The summed E-state index contributed by atoms with van der Waals surface area (Å²) in [5.74, 6) is 1.43. The first-order valence-electron chi connectivity index (χ1n) is 7.69. The lowest BCUT2D eigenvalue weighted by Gasteiger charge is -2.34. The fourth-order valence-corrected chi connectivity index (χ4v) is 2.96. The summed E-state index contributed by atoms with van der Waals surface area (Å²) < 4.78 is 5.85. The molecule has 1 saturated heterocycles. The molecule has 1 amide bonds. The van der Waals surface area contributed by atoms with Crippen LogP contribution in [-0.2, 0) is 0 Å². The molecule has 2 fully saturated rings. The molecule has 1 aromatic rings. The van der Waals surface area contributed by atoms with Crippen LogP contribution < -0.4 is 4.74 Å². The summed E-state index contributed by atoms with van der Waals surface area (Å²) in [6.07, 6.45) is 5.93. The van der Waals surface area contributed by atoms with E-state index in [1.807, 2.05) is 17.0 Å². The second kappa shape index (κ2) is 5.81. The van der Waals surface area contributed by atoms with Crippen molar-refractivity contribution in [3.05, 3.63) is 23.9 Å². The largest absolute Gasteiger partial charge is 0.474 e. The van der Waals surface area contributed by atoms with Gasteiger partial charge in [0.1, 0.15) is 11.8 Å². The third-order valence-electron chi connectivity index (χ3n) is 4.39. The average molecular weight is 274 g/mol. The van der Waals surface area contributed by atoms with Gasteiger partial charge in [0.2, 0.25) is 5.88 Å². The topological polar surface area (TPSA) is 42.4 Å². The molecule has 2 heterocycles. The number of nitrogens with zero attached hydrogens (tertiary/aromatic N) is 2. The molecule has 0 bridgehead atoms. The Hall–Kier alpha value is -1.58. The van der Waals surface area contributed by atoms with Gasteiger partial charge in [0.05, 0.1) is 0 Å². The van der Waals surface area contributed by atoms with Gasteiger partial charge in [-0.1, -0.05) is 19.4 Å². The van der Waals surface area contributed by atoms with E-state index < -0.39 is 0 Å². The van der Waals surface area contributed by atoms with E-state index in [0.29, 0.717) is 11.6 Å². The van der Waals surface area contributed by atoms with Gasteiger partial charge in [-0.3, -0.25) is 4.79 Å². The number of hydrogen-bond acceptors (Lipinski definition) is 3. The first-order valence-corrected chi connectivity index (χ1v) is 7.69. The van der Waals surface area contributed by atoms with Crippen LogP contribution in [0.1, 0.15) is 49.5 Å². The second-order valence-corrected chi connectivity index (χ2v) is 5.85. The van der Waals surface area contributed by atoms with Crippen molar-refractivity contribution < 1.29 is 9.53 Å². The molecule has 0 N–H and O–H groups in total. The third kappa shape index (κ3) is 2.79. The van der Waals surface area contributed by atoms with Crippen LogP contribution in [0.4, 0.5) is 0 Å². The molecule has 3 rings (SSSR count). The molecule has 20 heavy (non-hydrogen) atoms. The van der Waals surface area contributed by atoms with Gasteiger partial charge < -0.3 is 9.64 Å². The highest BCUT2D eigenvalue weighted by molar-refractivity contribution is 5.92. The number of aromatic nitrogens is 1. The molecule has 0 radical (unpaired) electrons. The summed E-state index contributed by atoms with van der Waals surface area (Å²) >= 11 is 0. The van der Waals surface area contributed by atoms with Gasteiger partial charge in [-0.15, -0.1) is 0 Å². The molecule has 0 aromatic carbocycles. The Labute approximate surface area is 120 Å². The van der Waals surface area contributed by atoms with Gasteiger partial charge in [-0.25, -0.2) is 4.98 Å². The molecule has 2 aliphatic rings. The van der Waals surface area contributed by atoms with E-state index in [1.54, 1.807) is 6.07 Å². The van der Waals surface area contributed by atoms with Crippen LogP contribution in [0, 0.1) is 5.92 Å². The summed E-state index contributed by atoms with van der Waals surface area (Å²) in [7, 11) is 0. The molecule has 0 atom stereocenters. The molecule has 4 heteroatoms. The monoisotopic (exact) mass is 274 g/mol. The van der Waals surface area contributed by atoms with Crippen molar-refractivity contribution >= 4 is 5.91 Å².